The normalized spacial score (nSPS) is 35.1. The van der Waals surface area contributed by atoms with Gasteiger partial charge in [0.25, 0.3) is 0 Å². The molecule has 1 saturated heterocycles. The van der Waals surface area contributed by atoms with Gasteiger partial charge in [0.15, 0.2) is 0 Å². The second-order valence-electron chi connectivity index (χ2n) is 4.42. The molecule has 1 heteroatoms. The van der Waals surface area contributed by atoms with Crippen LogP contribution >= 0.6 is 11.8 Å². The Hall–Kier alpha value is -0.430. The zero-order valence-corrected chi connectivity index (χ0v) is 8.95. The lowest BCUT2D eigenvalue weighted by molar-refractivity contribution is 0.587. The van der Waals surface area contributed by atoms with Gasteiger partial charge in [-0.25, -0.2) is 0 Å². The van der Waals surface area contributed by atoms with Crippen LogP contribution in [-0.2, 0) is 4.75 Å². The molecule has 1 fully saturated rings. The Morgan fingerprint density at radius 3 is 3.08 bits per heavy atom. The van der Waals surface area contributed by atoms with Crippen LogP contribution in [0.2, 0.25) is 0 Å². The van der Waals surface area contributed by atoms with Crippen molar-refractivity contribution in [3.05, 3.63) is 34.9 Å². The third kappa shape index (κ3) is 0.887. The fraction of sp³-hybridized carbons (Fsp3) is 0.500. The molecule has 1 aromatic rings. The van der Waals surface area contributed by atoms with E-state index in [2.05, 4.69) is 43.8 Å². The molecule has 0 nitrogen and oxygen atoms in total. The zero-order valence-electron chi connectivity index (χ0n) is 8.13. The minimum absolute atomic E-state index is 0.450. The van der Waals surface area contributed by atoms with E-state index >= 15 is 0 Å². The van der Waals surface area contributed by atoms with E-state index in [0.717, 1.165) is 5.25 Å². The molecule has 2 aliphatic rings. The van der Waals surface area contributed by atoms with E-state index in [9.17, 15) is 0 Å². The van der Waals surface area contributed by atoms with E-state index in [0.29, 0.717) is 4.75 Å². The Morgan fingerprint density at radius 2 is 2.31 bits per heavy atom. The fourth-order valence-electron chi connectivity index (χ4n) is 2.92. The van der Waals surface area contributed by atoms with Gasteiger partial charge in [0.2, 0.25) is 0 Å². The van der Waals surface area contributed by atoms with Crippen LogP contribution in [0, 0.1) is 6.92 Å². The van der Waals surface area contributed by atoms with Crippen LogP contribution in [0.15, 0.2) is 18.2 Å². The van der Waals surface area contributed by atoms with Gasteiger partial charge in [0, 0.05) is 10.00 Å². The second kappa shape index (κ2) is 2.33. The summed E-state index contributed by atoms with van der Waals surface area (Å²) in [6.45, 7) is 4.67. The van der Waals surface area contributed by atoms with Crippen LogP contribution in [0.3, 0.4) is 0 Å². The van der Waals surface area contributed by atoms with E-state index in [4.69, 9.17) is 0 Å². The quantitative estimate of drug-likeness (QED) is 0.599. The van der Waals surface area contributed by atoms with Gasteiger partial charge >= 0.3 is 0 Å². The van der Waals surface area contributed by atoms with Gasteiger partial charge in [-0.1, -0.05) is 18.2 Å². The van der Waals surface area contributed by atoms with Crippen molar-refractivity contribution in [2.75, 3.05) is 0 Å². The molecule has 0 aliphatic carbocycles. The van der Waals surface area contributed by atoms with Crippen LogP contribution in [0.5, 0.6) is 0 Å². The van der Waals surface area contributed by atoms with E-state index in [1.54, 1.807) is 11.1 Å². The number of thioether (sulfide) groups is 1. The molecule has 2 atom stereocenters. The molecular formula is C12H14S. The van der Waals surface area contributed by atoms with E-state index in [1.165, 1.54) is 18.4 Å². The third-order valence-corrected chi connectivity index (χ3v) is 5.17. The summed E-state index contributed by atoms with van der Waals surface area (Å²) < 4.78 is 0.450. The van der Waals surface area contributed by atoms with Crippen LogP contribution in [0.1, 0.15) is 41.7 Å². The number of fused-ring (bicyclic) bond motifs is 5. The van der Waals surface area contributed by atoms with Crippen molar-refractivity contribution in [3.63, 3.8) is 0 Å². The third-order valence-electron chi connectivity index (χ3n) is 3.47. The Bertz CT molecular complexity index is 369. The minimum atomic E-state index is 0.450. The number of hydrogen-bond acceptors (Lipinski definition) is 1. The summed E-state index contributed by atoms with van der Waals surface area (Å²) in [4.78, 5) is 0. The fourth-order valence-corrected chi connectivity index (χ4v) is 4.74. The number of hydrogen-bond donors (Lipinski definition) is 0. The Labute approximate surface area is 83.7 Å². The highest BCUT2D eigenvalue weighted by Crippen LogP contribution is 2.65. The molecule has 0 saturated carbocycles. The average molecular weight is 190 g/mol. The molecule has 3 rings (SSSR count). The van der Waals surface area contributed by atoms with Crippen molar-refractivity contribution in [1.29, 1.82) is 0 Å². The van der Waals surface area contributed by atoms with Gasteiger partial charge in [-0.3, -0.25) is 0 Å². The van der Waals surface area contributed by atoms with Gasteiger partial charge < -0.3 is 0 Å². The molecule has 0 radical (unpaired) electrons. The van der Waals surface area contributed by atoms with E-state index in [1.807, 2.05) is 0 Å². The predicted octanol–water partition coefficient (Wildman–Crippen LogP) is 3.79. The second-order valence-corrected chi connectivity index (χ2v) is 6.12. The largest absolute Gasteiger partial charge is 0.142 e. The molecule has 0 N–H and O–H groups in total. The first-order chi connectivity index (χ1) is 6.21. The summed E-state index contributed by atoms with van der Waals surface area (Å²) in [7, 11) is 0. The lowest BCUT2D eigenvalue weighted by Crippen LogP contribution is -2.15. The lowest BCUT2D eigenvalue weighted by Gasteiger charge is -2.24. The number of rotatable bonds is 0. The molecule has 13 heavy (non-hydrogen) atoms. The Kier molecular flexibility index (Phi) is 1.42. The molecule has 2 bridgehead atoms. The SMILES string of the molecule is Cc1cccc2c1[C@@]1(C)CC[C@H]2S1. The van der Waals surface area contributed by atoms with Gasteiger partial charge in [-0.2, -0.15) is 0 Å². The van der Waals surface area contributed by atoms with Gasteiger partial charge in [0.1, 0.15) is 0 Å². The summed E-state index contributed by atoms with van der Waals surface area (Å²) >= 11 is 2.18. The van der Waals surface area contributed by atoms with Crippen molar-refractivity contribution in [2.24, 2.45) is 0 Å². The van der Waals surface area contributed by atoms with Crippen LogP contribution < -0.4 is 0 Å². The monoisotopic (exact) mass is 190 g/mol. The van der Waals surface area contributed by atoms with Gasteiger partial charge in [0.05, 0.1) is 0 Å². The Balaban J connectivity index is 2.30. The minimum Gasteiger partial charge on any atom is -0.142 e. The van der Waals surface area contributed by atoms with E-state index in [-0.39, 0.29) is 0 Å². The molecular weight excluding hydrogens is 176 g/mol. The highest BCUT2D eigenvalue weighted by atomic mass is 32.2. The van der Waals surface area contributed by atoms with Crippen molar-refractivity contribution in [3.8, 4) is 0 Å². The highest BCUT2D eigenvalue weighted by Gasteiger charge is 2.47. The smallest absolute Gasteiger partial charge is 0.0392 e. The maximum absolute atomic E-state index is 2.41. The molecule has 0 spiro atoms. The highest BCUT2D eigenvalue weighted by molar-refractivity contribution is 8.01. The van der Waals surface area contributed by atoms with Gasteiger partial charge in [-0.15, -0.1) is 11.8 Å². The van der Waals surface area contributed by atoms with Crippen LogP contribution in [0.25, 0.3) is 0 Å². The standard InChI is InChI=1S/C12H14S/c1-8-4-3-5-9-10-6-7-12(2,13-10)11(8)9/h3-5,10H,6-7H2,1-2H3/t10-,12-/m1/s1. The molecule has 68 valence electrons. The van der Waals surface area contributed by atoms with Crippen LogP contribution in [-0.4, -0.2) is 0 Å². The van der Waals surface area contributed by atoms with Crippen molar-refractivity contribution < 1.29 is 0 Å². The molecule has 0 unspecified atom stereocenters. The predicted molar refractivity (Wildman–Crippen MR) is 58.1 cm³/mol. The van der Waals surface area contributed by atoms with Crippen molar-refractivity contribution in [2.45, 2.75) is 36.7 Å². The zero-order chi connectivity index (χ0) is 9.05. The maximum Gasteiger partial charge on any atom is 0.0392 e. The summed E-state index contributed by atoms with van der Waals surface area (Å²) in [5.74, 6) is 0. The van der Waals surface area contributed by atoms with Crippen molar-refractivity contribution in [1.82, 2.24) is 0 Å². The number of aryl methyl sites for hydroxylation is 1. The van der Waals surface area contributed by atoms with E-state index < -0.39 is 0 Å². The molecule has 0 amide bonds. The topological polar surface area (TPSA) is 0 Å². The average Bonchev–Trinajstić information content (AvgIpc) is 2.59. The summed E-state index contributed by atoms with van der Waals surface area (Å²) in [6, 6.07) is 6.79. The summed E-state index contributed by atoms with van der Waals surface area (Å²) in [6.07, 6.45) is 2.76. The summed E-state index contributed by atoms with van der Waals surface area (Å²) in [5, 5.41) is 0.805. The Morgan fingerprint density at radius 1 is 1.46 bits per heavy atom. The number of benzene rings is 1. The van der Waals surface area contributed by atoms with Crippen molar-refractivity contribution >= 4 is 11.8 Å². The maximum atomic E-state index is 2.41. The molecule has 2 aliphatic heterocycles. The first-order valence-electron chi connectivity index (χ1n) is 4.98. The van der Waals surface area contributed by atoms with Crippen LogP contribution in [0.4, 0.5) is 0 Å². The molecule has 0 aromatic heterocycles. The first-order valence-corrected chi connectivity index (χ1v) is 5.86. The molecule has 2 heterocycles. The first kappa shape index (κ1) is 7.93. The molecule has 1 aromatic carbocycles. The lowest BCUT2D eigenvalue weighted by atomic mass is 9.81. The summed E-state index contributed by atoms with van der Waals surface area (Å²) in [5.41, 5.74) is 4.77. The van der Waals surface area contributed by atoms with Gasteiger partial charge in [-0.05, 0) is 43.4 Å².